The van der Waals surface area contributed by atoms with Gasteiger partial charge in [0.05, 0.1) is 5.69 Å². The van der Waals surface area contributed by atoms with Crippen molar-refractivity contribution in [1.29, 1.82) is 0 Å². The molecule has 0 aliphatic heterocycles. The summed E-state index contributed by atoms with van der Waals surface area (Å²) >= 11 is 1.70. The summed E-state index contributed by atoms with van der Waals surface area (Å²) in [4.78, 5) is 4.32. The second-order valence-corrected chi connectivity index (χ2v) is 5.48. The summed E-state index contributed by atoms with van der Waals surface area (Å²) in [7, 11) is 0. The molecule has 2 unspecified atom stereocenters. The fraction of sp³-hybridized carbons (Fsp3) is 0.769. The molecule has 0 saturated carbocycles. The fourth-order valence-electron chi connectivity index (χ4n) is 1.60. The molecule has 0 fully saturated rings. The van der Waals surface area contributed by atoms with Gasteiger partial charge in [-0.25, -0.2) is 4.98 Å². The maximum Gasteiger partial charge on any atom is 0.255 e. The third kappa shape index (κ3) is 5.13. The molecule has 17 heavy (non-hydrogen) atoms. The molecule has 0 spiro atoms. The summed E-state index contributed by atoms with van der Waals surface area (Å²) < 4.78 is 5.36. The zero-order valence-electron chi connectivity index (χ0n) is 11.3. The molecular formula is C13H24N2OS. The molecule has 1 aromatic heterocycles. The lowest BCUT2D eigenvalue weighted by Crippen LogP contribution is -2.37. The maximum atomic E-state index is 5.36. The van der Waals surface area contributed by atoms with E-state index in [4.69, 9.17) is 4.42 Å². The largest absolute Gasteiger partial charge is 0.440 e. The van der Waals surface area contributed by atoms with Gasteiger partial charge in [0.15, 0.2) is 0 Å². The van der Waals surface area contributed by atoms with E-state index in [9.17, 15) is 0 Å². The highest BCUT2D eigenvalue weighted by molar-refractivity contribution is 7.99. The highest BCUT2D eigenvalue weighted by atomic mass is 32.2. The molecule has 98 valence electrons. The molecule has 1 N–H and O–H groups in total. The van der Waals surface area contributed by atoms with Gasteiger partial charge in [-0.15, -0.1) is 0 Å². The SMILES string of the molecule is CCCNC(CSc1nc(C)co1)C(C)CC. The molecule has 4 heteroatoms. The molecule has 1 aromatic rings. The Hall–Kier alpha value is -0.480. The number of hydrogen-bond acceptors (Lipinski definition) is 4. The minimum absolute atomic E-state index is 0.539. The molecule has 1 rings (SSSR count). The topological polar surface area (TPSA) is 38.1 Å². The van der Waals surface area contributed by atoms with Gasteiger partial charge in [0.25, 0.3) is 5.22 Å². The van der Waals surface area contributed by atoms with Crippen LogP contribution < -0.4 is 5.32 Å². The van der Waals surface area contributed by atoms with Crippen LogP contribution in [0.4, 0.5) is 0 Å². The van der Waals surface area contributed by atoms with Gasteiger partial charge in [-0.1, -0.05) is 39.0 Å². The van der Waals surface area contributed by atoms with Crippen molar-refractivity contribution in [3.8, 4) is 0 Å². The van der Waals surface area contributed by atoms with Crippen molar-refractivity contribution in [2.45, 2.75) is 51.8 Å². The van der Waals surface area contributed by atoms with E-state index >= 15 is 0 Å². The summed E-state index contributed by atoms with van der Waals surface area (Å²) in [5.41, 5.74) is 0.953. The first-order chi connectivity index (χ1) is 8.17. The van der Waals surface area contributed by atoms with Crippen molar-refractivity contribution >= 4 is 11.8 Å². The monoisotopic (exact) mass is 256 g/mol. The van der Waals surface area contributed by atoms with Crippen LogP contribution in [0.25, 0.3) is 0 Å². The minimum Gasteiger partial charge on any atom is -0.440 e. The Bertz CT molecular complexity index is 314. The summed E-state index contributed by atoms with van der Waals surface area (Å²) in [6.07, 6.45) is 4.09. The van der Waals surface area contributed by atoms with Crippen molar-refractivity contribution in [1.82, 2.24) is 10.3 Å². The van der Waals surface area contributed by atoms with Crippen LogP contribution in [0.15, 0.2) is 15.9 Å². The van der Waals surface area contributed by atoms with Gasteiger partial charge in [-0.2, -0.15) is 0 Å². The Labute approximate surface area is 109 Å². The van der Waals surface area contributed by atoms with Crippen molar-refractivity contribution in [3.63, 3.8) is 0 Å². The molecule has 1 heterocycles. The number of nitrogens with one attached hydrogen (secondary N) is 1. The first-order valence-corrected chi connectivity index (χ1v) is 7.44. The highest BCUT2D eigenvalue weighted by Gasteiger charge is 2.16. The Morgan fingerprint density at radius 2 is 2.24 bits per heavy atom. The Balaban J connectivity index is 2.42. The van der Waals surface area contributed by atoms with E-state index in [1.807, 2.05) is 6.92 Å². The third-order valence-electron chi connectivity index (χ3n) is 2.97. The molecule has 0 aliphatic carbocycles. The van der Waals surface area contributed by atoms with Crippen LogP contribution in [-0.4, -0.2) is 23.3 Å². The quantitative estimate of drug-likeness (QED) is 0.723. The van der Waals surface area contributed by atoms with Gasteiger partial charge in [0.1, 0.15) is 6.26 Å². The second-order valence-electron chi connectivity index (χ2n) is 4.51. The van der Waals surface area contributed by atoms with E-state index in [1.54, 1.807) is 18.0 Å². The number of aromatic nitrogens is 1. The van der Waals surface area contributed by atoms with Crippen molar-refractivity contribution in [2.24, 2.45) is 5.92 Å². The normalized spacial score (nSPS) is 14.8. The van der Waals surface area contributed by atoms with Crippen LogP contribution in [0.3, 0.4) is 0 Å². The van der Waals surface area contributed by atoms with Gasteiger partial charge in [-0.3, -0.25) is 0 Å². The van der Waals surface area contributed by atoms with E-state index in [0.717, 1.165) is 23.2 Å². The van der Waals surface area contributed by atoms with Crippen LogP contribution in [0, 0.1) is 12.8 Å². The summed E-state index contributed by atoms with van der Waals surface area (Å²) in [5, 5.41) is 4.39. The number of nitrogens with zero attached hydrogens (tertiary/aromatic N) is 1. The van der Waals surface area contributed by atoms with E-state index in [2.05, 4.69) is 31.1 Å². The van der Waals surface area contributed by atoms with E-state index in [0.29, 0.717) is 12.0 Å². The summed E-state index contributed by atoms with van der Waals surface area (Å²) in [6, 6.07) is 0.539. The molecule has 0 bridgehead atoms. The molecule has 0 amide bonds. The summed E-state index contributed by atoms with van der Waals surface area (Å²) in [6.45, 7) is 9.78. The zero-order valence-corrected chi connectivity index (χ0v) is 12.1. The van der Waals surface area contributed by atoms with Crippen LogP contribution in [0.1, 0.15) is 39.3 Å². The predicted molar refractivity (Wildman–Crippen MR) is 73.5 cm³/mol. The van der Waals surface area contributed by atoms with Crippen LogP contribution in [0.5, 0.6) is 0 Å². The number of thioether (sulfide) groups is 1. The first kappa shape index (κ1) is 14.6. The molecule has 2 atom stereocenters. The minimum atomic E-state index is 0.539. The molecular weight excluding hydrogens is 232 g/mol. The Morgan fingerprint density at radius 1 is 1.47 bits per heavy atom. The Kier molecular flexibility index (Phi) is 6.66. The number of rotatable bonds is 8. The Morgan fingerprint density at radius 3 is 2.76 bits per heavy atom. The van der Waals surface area contributed by atoms with Crippen molar-refractivity contribution in [3.05, 3.63) is 12.0 Å². The maximum absolute atomic E-state index is 5.36. The van der Waals surface area contributed by atoms with Gasteiger partial charge in [0, 0.05) is 11.8 Å². The number of aryl methyl sites for hydroxylation is 1. The fourth-order valence-corrected chi connectivity index (χ4v) is 2.69. The predicted octanol–water partition coefficient (Wildman–Crippen LogP) is 3.49. The van der Waals surface area contributed by atoms with Gasteiger partial charge < -0.3 is 9.73 Å². The number of hydrogen-bond donors (Lipinski definition) is 1. The van der Waals surface area contributed by atoms with Gasteiger partial charge >= 0.3 is 0 Å². The smallest absolute Gasteiger partial charge is 0.255 e. The van der Waals surface area contributed by atoms with E-state index < -0.39 is 0 Å². The molecule has 0 radical (unpaired) electrons. The third-order valence-corrected chi connectivity index (χ3v) is 3.93. The lowest BCUT2D eigenvalue weighted by Gasteiger charge is -2.23. The summed E-state index contributed by atoms with van der Waals surface area (Å²) in [5.74, 6) is 1.71. The highest BCUT2D eigenvalue weighted by Crippen LogP contribution is 2.21. The average Bonchev–Trinajstić information content (AvgIpc) is 2.74. The van der Waals surface area contributed by atoms with Crippen LogP contribution in [0.2, 0.25) is 0 Å². The molecule has 0 aromatic carbocycles. The molecule has 3 nitrogen and oxygen atoms in total. The molecule has 0 aliphatic rings. The van der Waals surface area contributed by atoms with Crippen LogP contribution >= 0.6 is 11.8 Å². The van der Waals surface area contributed by atoms with Crippen molar-refractivity contribution in [2.75, 3.05) is 12.3 Å². The van der Waals surface area contributed by atoms with Crippen molar-refractivity contribution < 1.29 is 4.42 Å². The number of oxazole rings is 1. The zero-order chi connectivity index (χ0) is 12.7. The van der Waals surface area contributed by atoms with E-state index in [1.165, 1.54) is 12.8 Å². The van der Waals surface area contributed by atoms with Gasteiger partial charge in [-0.05, 0) is 25.8 Å². The average molecular weight is 256 g/mol. The molecule has 0 saturated heterocycles. The van der Waals surface area contributed by atoms with Gasteiger partial charge in [0.2, 0.25) is 0 Å². The second kappa shape index (κ2) is 7.77. The standard InChI is InChI=1S/C13H24N2OS/c1-5-7-14-12(10(3)6-2)9-17-13-15-11(4)8-16-13/h8,10,12,14H,5-7,9H2,1-4H3. The lowest BCUT2D eigenvalue weighted by molar-refractivity contribution is 0.394. The van der Waals surface area contributed by atoms with E-state index in [-0.39, 0.29) is 0 Å². The first-order valence-electron chi connectivity index (χ1n) is 6.45. The van der Waals surface area contributed by atoms with Crippen LogP contribution in [-0.2, 0) is 0 Å². The lowest BCUT2D eigenvalue weighted by atomic mass is 10.0.